The Bertz CT molecular complexity index is 151. The topological polar surface area (TPSA) is 43.7 Å². The summed E-state index contributed by atoms with van der Waals surface area (Å²) in [4.78, 5) is 2.20. The van der Waals surface area contributed by atoms with Crippen LogP contribution in [0.15, 0.2) is 0 Å². The number of nitrogens with zero attached hydrogens (tertiary/aromatic N) is 1. The molecular weight excluding hydrogens is 142 g/mol. The van der Waals surface area contributed by atoms with Gasteiger partial charge in [-0.15, -0.1) is 0 Å². The summed E-state index contributed by atoms with van der Waals surface area (Å²) < 4.78 is 0. The molecule has 3 rings (SSSR count). The van der Waals surface area contributed by atoms with Gasteiger partial charge in [0.05, 0.1) is 12.7 Å². The van der Waals surface area contributed by atoms with Gasteiger partial charge in [0, 0.05) is 12.6 Å². The Morgan fingerprint density at radius 2 is 2.27 bits per heavy atom. The predicted octanol–water partition coefficient (Wildman–Crippen LogP) is -0.566. The summed E-state index contributed by atoms with van der Waals surface area (Å²) in [6, 6.07) is 0.331. The lowest BCUT2D eigenvalue weighted by Crippen LogP contribution is -2.56. The molecule has 3 heterocycles. The van der Waals surface area contributed by atoms with Crippen LogP contribution in [0.25, 0.3) is 0 Å². The number of fused-ring (bicyclic) bond motifs is 3. The van der Waals surface area contributed by atoms with Gasteiger partial charge >= 0.3 is 0 Å². The zero-order valence-electron chi connectivity index (χ0n) is 6.61. The van der Waals surface area contributed by atoms with E-state index in [9.17, 15) is 5.11 Å². The van der Waals surface area contributed by atoms with Crippen molar-refractivity contribution in [1.82, 2.24) is 4.90 Å². The molecule has 11 heavy (non-hydrogen) atoms. The van der Waals surface area contributed by atoms with Crippen molar-refractivity contribution >= 4 is 0 Å². The van der Waals surface area contributed by atoms with Gasteiger partial charge in [0.1, 0.15) is 0 Å². The summed E-state index contributed by atoms with van der Waals surface area (Å²) in [5, 5.41) is 18.5. The van der Waals surface area contributed by atoms with E-state index in [0.29, 0.717) is 12.0 Å². The Kier molecular flexibility index (Phi) is 1.87. The second-order valence-electron chi connectivity index (χ2n) is 3.68. The highest BCUT2D eigenvalue weighted by Gasteiger charge is 2.38. The van der Waals surface area contributed by atoms with Crippen LogP contribution in [0.4, 0.5) is 0 Å². The second kappa shape index (κ2) is 2.73. The first-order valence-corrected chi connectivity index (χ1v) is 4.34. The van der Waals surface area contributed by atoms with Gasteiger partial charge in [0.25, 0.3) is 0 Å². The number of hydrogen-bond donors (Lipinski definition) is 2. The van der Waals surface area contributed by atoms with E-state index in [2.05, 4.69) is 4.90 Å². The van der Waals surface area contributed by atoms with Crippen molar-refractivity contribution in [3.8, 4) is 0 Å². The zero-order chi connectivity index (χ0) is 7.84. The SMILES string of the molecule is OCC1CC2CCN1CC2O. The second-order valence-corrected chi connectivity index (χ2v) is 3.68. The van der Waals surface area contributed by atoms with E-state index in [0.717, 1.165) is 25.9 Å². The Morgan fingerprint density at radius 1 is 1.45 bits per heavy atom. The summed E-state index contributed by atoms with van der Waals surface area (Å²) in [6.07, 6.45) is 1.96. The van der Waals surface area contributed by atoms with Gasteiger partial charge in [-0.2, -0.15) is 0 Å². The van der Waals surface area contributed by atoms with Crippen LogP contribution in [0.5, 0.6) is 0 Å². The molecule has 3 aliphatic heterocycles. The number of piperidine rings is 3. The molecule has 0 aromatic carbocycles. The molecule has 0 saturated carbocycles. The Balaban J connectivity index is 2.04. The van der Waals surface area contributed by atoms with Crippen molar-refractivity contribution in [3.05, 3.63) is 0 Å². The van der Waals surface area contributed by atoms with Crippen molar-refractivity contribution in [3.63, 3.8) is 0 Å². The van der Waals surface area contributed by atoms with E-state index >= 15 is 0 Å². The molecule has 0 spiro atoms. The van der Waals surface area contributed by atoms with Crippen LogP contribution in [-0.2, 0) is 0 Å². The molecular formula is C8H15NO2. The average molecular weight is 157 g/mol. The Morgan fingerprint density at radius 3 is 2.73 bits per heavy atom. The summed E-state index contributed by atoms with van der Waals surface area (Å²) in [5.74, 6) is 0.456. The highest BCUT2D eigenvalue weighted by Crippen LogP contribution is 2.31. The summed E-state index contributed by atoms with van der Waals surface area (Å²) >= 11 is 0. The van der Waals surface area contributed by atoms with Gasteiger partial charge in [-0.1, -0.05) is 0 Å². The fraction of sp³-hybridized carbons (Fsp3) is 1.00. The van der Waals surface area contributed by atoms with Crippen molar-refractivity contribution in [2.45, 2.75) is 25.0 Å². The number of aliphatic hydroxyl groups excluding tert-OH is 2. The smallest absolute Gasteiger partial charge is 0.0696 e. The van der Waals surface area contributed by atoms with E-state index < -0.39 is 0 Å². The van der Waals surface area contributed by atoms with Gasteiger partial charge in [-0.3, -0.25) is 4.90 Å². The molecule has 0 aliphatic carbocycles. The number of rotatable bonds is 1. The number of hydrogen-bond acceptors (Lipinski definition) is 3. The lowest BCUT2D eigenvalue weighted by atomic mass is 9.81. The molecule has 3 fully saturated rings. The van der Waals surface area contributed by atoms with E-state index in [1.807, 2.05) is 0 Å². The minimum atomic E-state index is -0.133. The molecule has 0 aromatic rings. The lowest BCUT2D eigenvalue weighted by molar-refractivity contribution is -0.0672. The molecule has 4 unspecified atom stereocenters. The van der Waals surface area contributed by atoms with Gasteiger partial charge in [-0.25, -0.2) is 0 Å². The minimum absolute atomic E-state index is 0.133. The number of aliphatic hydroxyl groups is 2. The van der Waals surface area contributed by atoms with Crippen LogP contribution in [0, 0.1) is 5.92 Å². The van der Waals surface area contributed by atoms with Crippen molar-refractivity contribution in [2.24, 2.45) is 5.92 Å². The first-order chi connectivity index (χ1) is 5.31. The molecule has 3 nitrogen and oxygen atoms in total. The quantitative estimate of drug-likeness (QED) is 0.536. The largest absolute Gasteiger partial charge is 0.395 e. The zero-order valence-corrected chi connectivity index (χ0v) is 6.61. The monoisotopic (exact) mass is 157 g/mol. The van der Waals surface area contributed by atoms with Crippen molar-refractivity contribution < 1.29 is 10.2 Å². The normalized spacial score (nSPS) is 49.6. The summed E-state index contributed by atoms with van der Waals surface area (Å²) in [5.41, 5.74) is 0. The molecule has 2 bridgehead atoms. The van der Waals surface area contributed by atoms with Crippen LogP contribution in [0.1, 0.15) is 12.8 Å². The summed E-state index contributed by atoms with van der Waals surface area (Å²) in [6.45, 7) is 2.09. The predicted molar refractivity (Wildman–Crippen MR) is 41.2 cm³/mol. The molecule has 64 valence electrons. The van der Waals surface area contributed by atoms with Crippen LogP contribution < -0.4 is 0 Å². The van der Waals surface area contributed by atoms with E-state index in [4.69, 9.17) is 5.11 Å². The third-order valence-electron chi connectivity index (χ3n) is 3.05. The maximum absolute atomic E-state index is 9.49. The van der Waals surface area contributed by atoms with Gasteiger partial charge in [0.15, 0.2) is 0 Å². The van der Waals surface area contributed by atoms with Crippen LogP contribution in [0.3, 0.4) is 0 Å². The third kappa shape index (κ3) is 1.17. The standard InChI is InChI=1S/C8H15NO2/c10-5-7-3-6-1-2-9(7)4-8(6)11/h6-8,10-11H,1-5H2. The van der Waals surface area contributed by atoms with Crippen molar-refractivity contribution in [2.75, 3.05) is 19.7 Å². The lowest BCUT2D eigenvalue weighted by Gasteiger charge is -2.47. The van der Waals surface area contributed by atoms with Gasteiger partial charge in [-0.05, 0) is 25.3 Å². The molecule has 0 aromatic heterocycles. The van der Waals surface area contributed by atoms with Gasteiger partial charge < -0.3 is 10.2 Å². The Hall–Kier alpha value is -0.120. The molecule has 3 heteroatoms. The molecule has 4 atom stereocenters. The first kappa shape index (κ1) is 7.53. The third-order valence-corrected chi connectivity index (χ3v) is 3.05. The fourth-order valence-corrected chi connectivity index (χ4v) is 2.30. The summed E-state index contributed by atoms with van der Waals surface area (Å²) in [7, 11) is 0. The minimum Gasteiger partial charge on any atom is -0.395 e. The van der Waals surface area contributed by atoms with E-state index in [1.165, 1.54) is 0 Å². The molecule has 0 radical (unpaired) electrons. The average Bonchev–Trinajstić information content (AvgIpc) is 2.05. The van der Waals surface area contributed by atoms with Gasteiger partial charge in [0.2, 0.25) is 0 Å². The fourth-order valence-electron chi connectivity index (χ4n) is 2.30. The maximum atomic E-state index is 9.49. The molecule has 2 N–H and O–H groups in total. The Labute approximate surface area is 66.6 Å². The molecule has 3 aliphatic rings. The highest BCUT2D eigenvalue weighted by molar-refractivity contribution is 4.92. The van der Waals surface area contributed by atoms with Crippen molar-refractivity contribution in [1.29, 1.82) is 0 Å². The van der Waals surface area contributed by atoms with E-state index in [1.54, 1.807) is 0 Å². The molecule has 3 saturated heterocycles. The van der Waals surface area contributed by atoms with Crippen LogP contribution >= 0.6 is 0 Å². The van der Waals surface area contributed by atoms with Crippen LogP contribution in [0.2, 0.25) is 0 Å². The molecule has 0 amide bonds. The van der Waals surface area contributed by atoms with E-state index in [-0.39, 0.29) is 12.7 Å². The highest BCUT2D eigenvalue weighted by atomic mass is 16.3. The first-order valence-electron chi connectivity index (χ1n) is 4.34. The maximum Gasteiger partial charge on any atom is 0.0696 e. The van der Waals surface area contributed by atoms with Crippen LogP contribution in [-0.4, -0.2) is 47.0 Å².